The molecule has 0 aliphatic carbocycles. The number of methoxy groups -OCH3 is 1. The third-order valence-corrected chi connectivity index (χ3v) is 6.45. The second-order valence-corrected chi connectivity index (χ2v) is 8.77. The van der Waals surface area contributed by atoms with Crippen LogP contribution in [0.5, 0.6) is 17.2 Å². The molecule has 1 spiro atoms. The molecule has 0 aromatic heterocycles. The van der Waals surface area contributed by atoms with Crippen LogP contribution in [0.1, 0.15) is 16.7 Å². The summed E-state index contributed by atoms with van der Waals surface area (Å²) in [5, 5.41) is 2.29. The van der Waals surface area contributed by atoms with Crippen molar-refractivity contribution in [3.05, 3.63) is 106 Å². The lowest BCUT2D eigenvalue weighted by Crippen LogP contribution is -2.44. The lowest BCUT2D eigenvalue weighted by atomic mass is 9.89. The summed E-state index contributed by atoms with van der Waals surface area (Å²) in [5.41, 5.74) is 3.98. The molecule has 156 valence electrons. The van der Waals surface area contributed by atoms with E-state index in [2.05, 4.69) is 58.4 Å². The van der Waals surface area contributed by atoms with E-state index < -0.39 is 5.79 Å². The van der Waals surface area contributed by atoms with E-state index in [1.165, 1.54) is 0 Å². The highest BCUT2D eigenvalue weighted by atomic mass is 79.9. The van der Waals surface area contributed by atoms with Gasteiger partial charge in [0.15, 0.2) is 11.5 Å². The van der Waals surface area contributed by atoms with Crippen LogP contribution in [0, 0.1) is 0 Å². The third-order valence-electron chi connectivity index (χ3n) is 5.96. The van der Waals surface area contributed by atoms with Crippen LogP contribution in [0.2, 0.25) is 0 Å². The molecule has 4 heteroatoms. The minimum Gasteiger partial charge on any atom is -0.493 e. The van der Waals surface area contributed by atoms with Gasteiger partial charge in [-0.05, 0) is 52.8 Å². The summed E-state index contributed by atoms with van der Waals surface area (Å²) in [5.74, 6) is 1.03. The predicted molar refractivity (Wildman–Crippen MR) is 132 cm³/mol. The van der Waals surface area contributed by atoms with Gasteiger partial charge >= 0.3 is 0 Å². The number of fused-ring (bicyclic) bond motifs is 4. The van der Waals surface area contributed by atoms with Crippen molar-refractivity contribution >= 4 is 44.4 Å². The molecule has 2 heterocycles. The molecule has 4 aromatic rings. The van der Waals surface area contributed by atoms with Crippen molar-refractivity contribution in [2.45, 2.75) is 5.79 Å². The van der Waals surface area contributed by atoms with Crippen LogP contribution >= 0.6 is 15.9 Å². The van der Waals surface area contributed by atoms with Gasteiger partial charge in [-0.25, -0.2) is 0 Å². The van der Waals surface area contributed by atoms with Gasteiger partial charge in [0, 0.05) is 27.2 Å². The van der Waals surface area contributed by atoms with E-state index >= 15 is 0 Å². The fraction of sp³-hybridized carbons (Fsp3) is 0.0714. The van der Waals surface area contributed by atoms with Gasteiger partial charge in [0.1, 0.15) is 5.75 Å². The predicted octanol–water partition coefficient (Wildman–Crippen LogP) is 7.35. The van der Waals surface area contributed by atoms with E-state index in [4.69, 9.17) is 14.2 Å². The van der Waals surface area contributed by atoms with Crippen molar-refractivity contribution in [2.24, 2.45) is 0 Å². The molecule has 0 radical (unpaired) electrons. The number of benzene rings is 4. The number of rotatable bonds is 2. The summed E-state index contributed by atoms with van der Waals surface area (Å²) in [4.78, 5) is 0. The fourth-order valence-corrected chi connectivity index (χ4v) is 4.82. The highest BCUT2D eigenvalue weighted by molar-refractivity contribution is 9.10. The lowest BCUT2D eigenvalue weighted by Gasteiger charge is -2.40. The molecule has 1 unspecified atom stereocenters. The molecule has 2 aliphatic rings. The number of ether oxygens (including phenoxy) is 3. The zero-order valence-electron chi connectivity index (χ0n) is 17.3. The summed E-state index contributed by atoms with van der Waals surface area (Å²) in [7, 11) is 1.65. The van der Waals surface area contributed by atoms with E-state index in [-0.39, 0.29) is 0 Å². The van der Waals surface area contributed by atoms with Crippen LogP contribution in [0.3, 0.4) is 0 Å². The zero-order valence-corrected chi connectivity index (χ0v) is 18.9. The molecule has 6 rings (SSSR count). The second kappa shape index (κ2) is 7.28. The zero-order chi connectivity index (χ0) is 21.7. The minimum absolute atomic E-state index is 0.674. The normalized spacial score (nSPS) is 18.4. The van der Waals surface area contributed by atoms with Crippen LogP contribution in [0.25, 0.3) is 28.5 Å². The van der Waals surface area contributed by atoms with Crippen LogP contribution in [0.15, 0.2) is 89.4 Å². The van der Waals surface area contributed by atoms with E-state index in [0.29, 0.717) is 11.5 Å². The summed E-state index contributed by atoms with van der Waals surface area (Å²) in [6.07, 6.45) is 6.24. The maximum Gasteiger partial charge on any atom is 0.299 e. The Morgan fingerprint density at radius 2 is 1.75 bits per heavy atom. The lowest BCUT2D eigenvalue weighted by molar-refractivity contribution is -0.0227. The smallest absolute Gasteiger partial charge is 0.299 e. The van der Waals surface area contributed by atoms with Gasteiger partial charge in [-0.3, -0.25) is 0 Å². The van der Waals surface area contributed by atoms with Gasteiger partial charge < -0.3 is 14.2 Å². The second-order valence-electron chi connectivity index (χ2n) is 7.85. The Kier molecular flexibility index (Phi) is 4.37. The summed E-state index contributed by atoms with van der Waals surface area (Å²) in [6.45, 7) is 0. The quantitative estimate of drug-likeness (QED) is 0.299. The first-order valence-corrected chi connectivity index (χ1v) is 11.2. The SMILES string of the molecule is COc1cccc2c1OC1(C=Cc3c(ccc4cc(Br)ccc34)O1)C(c1ccccc1)=C2. The molecular weight excluding hydrogens is 464 g/mol. The van der Waals surface area contributed by atoms with Gasteiger partial charge in [-0.2, -0.15) is 0 Å². The van der Waals surface area contributed by atoms with Gasteiger partial charge in [-0.15, -0.1) is 0 Å². The van der Waals surface area contributed by atoms with Crippen molar-refractivity contribution in [3.63, 3.8) is 0 Å². The molecule has 32 heavy (non-hydrogen) atoms. The topological polar surface area (TPSA) is 27.7 Å². The number of hydrogen-bond acceptors (Lipinski definition) is 3. The molecule has 0 saturated carbocycles. The van der Waals surface area contributed by atoms with E-state index in [0.717, 1.165) is 43.3 Å². The monoisotopic (exact) mass is 482 g/mol. The number of halogens is 1. The maximum absolute atomic E-state index is 6.68. The van der Waals surface area contributed by atoms with E-state index in [1.807, 2.05) is 54.6 Å². The third kappa shape index (κ3) is 2.94. The first kappa shape index (κ1) is 19.2. The van der Waals surface area contributed by atoms with Crippen LogP contribution in [0.4, 0.5) is 0 Å². The summed E-state index contributed by atoms with van der Waals surface area (Å²) in [6, 6.07) is 26.5. The maximum atomic E-state index is 6.68. The Bertz CT molecular complexity index is 1420. The van der Waals surface area contributed by atoms with E-state index in [9.17, 15) is 0 Å². The molecule has 0 N–H and O–H groups in total. The average molecular weight is 483 g/mol. The van der Waals surface area contributed by atoms with Crippen molar-refractivity contribution in [2.75, 3.05) is 7.11 Å². The largest absolute Gasteiger partial charge is 0.493 e. The Morgan fingerprint density at radius 3 is 2.59 bits per heavy atom. The Labute approximate surface area is 194 Å². The van der Waals surface area contributed by atoms with Gasteiger partial charge in [0.25, 0.3) is 5.79 Å². The van der Waals surface area contributed by atoms with Crippen LogP contribution in [-0.2, 0) is 0 Å². The fourth-order valence-electron chi connectivity index (χ4n) is 4.44. The van der Waals surface area contributed by atoms with Crippen LogP contribution in [-0.4, -0.2) is 12.9 Å². The minimum atomic E-state index is -1.10. The summed E-state index contributed by atoms with van der Waals surface area (Å²) >= 11 is 3.56. The molecule has 0 bridgehead atoms. The van der Waals surface area contributed by atoms with Gasteiger partial charge in [-0.1, -0.05) is 70.5 Å². The number of hydrogen-bond donors (Lipinski definition) is 0. The Morgan fingerprint density at radius 1 is 0.875 bits per heavy atom. The molecular formula is C28H19BrO3. The first-order chi connectivity index (χ1) is 15.7. The molecule has 2 aliphatic heterocycles. The van der Waals surface area contributed by atoms with Crippen LogP contribution < -0.4 is 14.2 Å². The summed E-state index contributed by atoms with van der Waals surface area (Å²) < 4.78 is 19.9. The van der Waals surface area contributed by atoms with Crippen molar-refractivity contribution in [1.82, 2.24) is 0 Å². The molecule has 1 atom stereocenters. The highest BCUT2D eigenvalue weighted by Crippen LogP contribution is 2.49. The molecule has 0 fully saturated rings. The standard InChI is InChI=1S/C28H19BrO3/c1-30-26-9-5-8-20-17-24(18-6-3-2-4-7-18)28(32-27(20)26)15-14-23-22-12-11-21(29)16-19(22)10-13-25(23)31-28/h2-17H,1H3. The van der Waals surface area contributed by atoms with Gasteiger partial charge in [0.2, 0.25) is 0 Å². The van der Waals surface area contributed by atoms with Crippen molar-refractivity contribution in [3.8, 4) is 17.2 Å². The first-order valence-electron chi connectivity index (χ1n) is 10.4. The van der Waals surface area contributed by atoms with E-state index in [1.54, 1.807) is 7.11 Å². The molecule has 3 nitrogen and oxygen atoms in total. The molecule has 0 amide bonds. The Hall–Kier alpha value is -3.50. The number of para-hydroxylation sites is 1. The molecule has 0 saturated heterocycles. The highest BCUT2D eigenvalue weighted by Gasteiger charge is 2.44. The van der Waals surface area contributed by atoms with Gasteiger partial charge in [0.05, 0.1) is 7.11 Å². The van der Waals surface area contributed by atoms with Crippen molar-refractivity contribution < 1.29 is 14.2 Å². The Balaban J connectivity index is 1.55. The molecule has 4 aromatic carbocycles. The van der Waals surface area contributed by atoms with Crippen molar-refractivity contribution in [1.29, 1.82) is 0 Å². The average Bonchev–Trinajstić information content (AvgIpc) is 2.83.